The van der Waals surface area contributed by atoms with Crippen molar-refractivity contribution in [2.75, 3.05) is 26.9 Å². The number of methoxy groups -OCH3 is 1. The third kappa shape index (κ3) is 4.04. The molecule has 0 aliphatic carbocycles. The maximum atomic E-state index is 14.6. The fraction of sp³-hybridized carbons (Fsp3) is 0.273. The van der Waals surface area contributed by atoms with Crippen LogP contribution < -0.4 is 4.74 Å². The summed E-state index contributed by atoms with van der Waals surface area (Å²) in [7, 11) is 1.45. The van der Waals surface area contributed by atoms with Crippen LogP contribution in [0.15, 0.2) is 48.0 Å². The van der Waals surface area contributed by atoms with E-state index in [4.69, 9.17) is 21.1 Å². The zero-order chi connectivity index (χ0) is 21.8. The van der Waals surface area contributed by atoms with Crippen LogP contribution in [0.4, 0.5) is 4.39 Å². The molecule has 1 aliphatic heterocycles. The van der Waals surface area contributed by atoms with Crippen molar-refractivity contribution in [3.8, 4) is 5.75 Å². The first-order chi connectivity index (χ1) is 14.4. The molecule has 6 nitrogen and oxygen atoms in total. The lowest BCUT2D eigenvalue weighted by Crippen LogP contribution is -2.33. The van der Waals surface area contributed by atoms with Gasteiger partial charge < -0.3 is 19.5 Å². The van der Waals surface area contributed by atoms with E-state index in [9.17, 15) is 19.1 Å². The largest absolute Gasteiger partial charge is 0.507 e. The molecule has 1 saturated heterocycles. The fourth-order valence-electron chi connectivity index (χ4n) is 3.40. The van der Waals surface area contributed by atoms with Gasteiger partial charge in [0.15, 0.2) is 0 Å². The Morgan fingerprint density at radius 2 is 1.97 bits per heavy atom. The lowest BCUT2D eigenvalue weighted by molar-refractivity contribution is -0.140. The monoisotopic (exact) mass is 433 g/mol. The number of aliphatic hydroxyl groups is 1. The molecule has 1 heterocycles. The number of hydrogen-bond acceptors (Lipinski definition) is 5. The molecule has 158 valence electrons. The lowest BCUT2D eigenvalue weighted by Gasteiger charge is -2.25. The first kappa shape index (κ1) is 21.8. The van der Waals surface area contributed by atoms with E-state index in [1.54, 1.807) is 19.1 Å². The van der Waals surface area contributed by atoms with Crippen molar-refractivity contribution in [3.63, 3.8) is 0 Å². The summed E-state index contributed by atoms with van der Waals surface area (Å²) >= 11 is 6.20. The number of aliphatic hydroxyl groups excluding tert-OH is 1. The average Bonchev–Trinajstić information content (AvgIpc) is 2.98. The van der Waals surface area contributed by atoms with Gasteiger partial charge in [-0.3, -0.25) is 9.59 Å². The second kappa shape index (κ2) is 9.28. The third-order valence-electron chi connectivity index (χ3n) is 4.78. The van der Waals surface area contributed by atoms with Gasteiger partial charge in [0, 0.05) is 24.8 Å². The number of amides is 1. The van der Waals surface area contributed by atoms with E-state index in [0.29, 0.717) is 12.4 Å². The van der Waals surface area contributed by atoms with Gasteiger partial charge in [-0.2, -0.15) is 0 Å². The highest BCUT2D eigenvalue weighted by molar-refractivity contribution is 6.46. The summed E-state index contributed by atoms with van der Waals surface area (Å²) in [5.74, 6) is -2.35. The molecule has 3 rings (SSSR count). The summed E-state index contributed by atoms with van der Waals surface area (Å²) in [6, 6.07) is 9.24. The molecular weight excluding hydrogens is 413 g/mol. The molecule has 1 N–H and O–H groups in total. The number of likely N-dealkylation sites (tertiary alicyclic amines) is 1. The molecule has 1 unspecified atom stereocenters. The molecule has 0 radical (unpaired) electrons. The number of ether oxygens (including phenoxy) is 2. The van der Waals surface area contributed by atoms with Gasteiger partial charge in [0.05, 0.1) is 29.9 Å². The van der Waals surface area contributed by atoms with Gasteiger partial charge in [-0.15, -0.1) is 0 Å². The summed E-state index contributed by atoms with van der Waals surface area (Å²) in [6.45, 7) is 2.41. The minimum absolute atomic E-state index is 0.0564. The Morgan fingerprint density at radius 3 is 2.60 bits per heavy atom. The number of carbonyl (C=O) groups excluding carboxylic acids is 2. The molecule has 2 aromatic rings. The number of carbonyl (C=O) groups is 2. The number of nitrogens with zero attached hydrogens (tertiary/aromatic N) is 1. The Hall–Kier alpha value is -2.90. The van der Waals surface area contributed by atoms with Crippen LogP contribution in [0.2, 0.25) is 5.02 Å². The molecule has 30 heavy (non-hydrogen) atoms. The summed E-state index contributed by atoms with van der Waals surface area (Å²) < 4.78 is 25.0. The van der Waals surface area contributed by atoms with E-state index in [1.165, 1.54) is 42.3 Å². The molecule has 0 spiro atoms. The van der Waals surface area contributed by atoms with Gasteiger partial charge >= 0.3 is 0 Å². The van der Waals surface area contributed by atoms with Crippen LogP contribution in [0.25, 0.3) is 5.76 Å². The molecule has 1 fully saturated rings. The minimum atomic E-state index is -1.09. The van der Waals surface area contributed by atoms with Crippen molar-refractivity contribution in [2.45, 2.75) is 13.0 Å². The predicted molar refractivity (Wildman–Crippen MR) is 110 cm³/mol. The molecule has 1 amide bonds. The second-order valence-corrected chi connectivity index (χ2v) is 6.99. The number of halogens is 2. The van der Waals surface area contributed by atoms with E-state index in [1.807, 2.05) is 0 Å². The summed E-state index contributed by atoms with van der Waals surface area (Å²) in [4.78, 5) is 26.7. The van der Waals surface area contributed by atoms with Gasteiger partial charge in [-0.05, 0) is 31.2 Å². The quantitative estimate of drug-likeness (QED) is 0.406. The van der Waals surface area contributed by atoms with Crippen LogP contribution in [-0.2, 0) is 14.3 Å². The van der Waals surface area contributed by atoms with Crippen LogP contribution in [0.5, 0.6) is 5.75 Å². The highest BCUT2D eigenvalue weighted by Crippen LogP contribution is 2.40. The maximum absolute atomic E-state index is 14.6. The molecule has 0 aromatic heterocycles. The van der Waals surface area contributed by atoms with Crippen molar-refractivity contribution in [2.24, 2.45) is 0 Å². The van der Waals surface area contributed by atoms with Crippen molar-refractivity contribution < 1.29 is 28.6 Å². The van der Waals surface area contributed by atoms with Crippen LogP contribution in [0.1, 0.15) is 24.1 Å². The normalized spacial score (nSPS) is 18.1. The fourth-order valence-corrected chi connectivity index (χ4v) is 3.63. The van der Waals surface area contributed by atoms with Crippen LogP contribution in [0, 0.1) is 5.82 Å². The van der Waals surface area contributed by atoms with E-state index in [0.717, 1.165) is 0 Å². The molecule has 2 aromatic carbocycles. The van der Waals surface area contributed by atoms with Gasteiger partial charge in [0.25, 0.3) is 11.7 Å². The van der Waals surface area contributed by atoms with Crippen molar-refractivity contribution in [1.82, 2.24) is 4.90 Å². The Bertz CT molecular complexity index is 1010. The van der Waals surface area contributed by atoms with Crippen LogP contribution in [0.3, 0.4) is 0 Å². The summed E-state index contributed by atoms with van der Waals surface area (Å²) in [5, 5.41) is 11.2. The van der Waals surface area contributed by atoms with Gasteiger partial charge in [-0.25, -0.2) is 4.39 Å². The zero-order valence-electron chi connectivity index (χ0n) is 16.5. The standard InChI is InChI=1S/C22H21ClFNO5/c1-3-30-17-9-8-13(12-15(17)23)20(26)18-19(14-6-4-5-7-16(14)24)25(10-11-29-2)22(28)21(18)27/h4-9,12,19,26H,3,10-11H2,1-2H3/b20-18-. The first-order valence-corrected chi connectivity index (χ1v) is 9.73. The lowest BCUT2D eigenvalue weighted by atomic mass is 9.95. The van der Waals surface area contributed by atoms with E-state index in [2.05, 4.69) is 0 Å². The van der Waals surface area contributed by atoms with Crippen molar-refractivity contribution >= 4 is 29.1 Å². The number of hydrogen-bond donors (Lipinski definition) is 1. The van der Waals surface area contributed by atoms with E-state index in [-0.39, 0.29) is 34.9 Å². The second-order valence-electron chi connectivity index (χ2n) is 6.59. The minimum Gasteiger partial charge on any atom is -0.507 e. The van der Waals surface area contributed by atoms with Gasteiger partial charge in [0.1, 0.15) is 17.3 Å². The van der Waals surface area contributed by atoms with Crippen LogP contribution >= 0.6 is 11.6 Å². The molecule has 0 saturated carbocycles. The highest BCUT2D eigenvalue weighted by atomic mass is 35.5. The average molecular weight is 434 g/mol. The maximum Gasteiger partial charge on any atom is 0.295 e. The van der Waals surface area contributed by atoms with Crippen molar-refractivity contribution in [3.05, 3.63) is 70.0 Å². The van der Waals surface area contributed by atoms with Crippen molar-refractivity contribution in [1.29, 1.82) is 0 Å². The zero-order valence-corrected chi connectivity index (χ0v) is 17.3. The number of Topliss-reactive ketones (excluding diaryl/α,β-unsaturated/α-hetero) is 1. The highest BCUT2D eigenvalue weighted by Gasteiger charge is 2.46. The SMILES string of the molecule is CCOc1ccc(/C(O)=C2/C(=O)C(=O)N(CCOC)C2c2ccccc2F)cc1Cl. The molecule has 1 atom stereocenters. The van der Waals surface area contributed by atoms with E-state index >= 15 is 0 Å². The third-order valence-corrected chi connectivity index (χ3v) is 5.08. The molecule has 0 bridgehead atoms. The number of rotatable bonds is 7. The number of benzene rings is 2. The number of ketones is 1. The smallest absolute Gasteiger partial charge is 0.295 e. The van der Waals surface area contributed by atoms with Gasteiger partial charge in [-0.1, -0.05) is 29.8 Å². The summed E-state index contributed by atoms with van der Waals surface area (Å²) in [5.41, 5.74) is 0.113. The topological polar surface area (TPSA) is 76.1 Å². The first-order valence-electron chi connectivity index (χ1n) is 9.35. The molecular formula is C22H21ClFNO5. The van der Waals surface area contributed by atoms with Gasteiger partial charge in [0.2, 0.25) is 0 Å². The Kier molecular flexibility index (Phi) is 6.74. The predicted octanol–water partition coefficient (Wildman–Crippen LogP) is 3.95. The van der Waals surface area contributed by atoms with E-state index < -0.39 is 29.3 Å². The molecule has 1 aliphatic rings. The Morgan fingerprint density at radius 1 is 1.23 bits per heavy atom. The Balaban J connectivity index is 2.16. The summed E-state index contributed by atoms with van der Waals surface area (Å²) in [6.07, 6.45) is 0. The van der Waals surface area contributed by atoms with Crippen LogP contribution in [-0.4, -0.2) is 48.6 Å². The molecule has 8 heteroatoms. The Labute approximate surface area is 178 Å².